The Kier molecular flexibility index (Phi) is 3.93. The van der Waals surface area contributed by atoms with E-state index in [0.717, 1.165) is 27.8 Å². The van der Waals surface area contributed by atoms with Gasteiger partial charge in [0.05, 0.1) is 12.7 Å². The quantitative estimate of drug-likeness (QED) is 0.756. The zero-order valence-electron chi connectivity index (χ0n) is 12.7. The van der Waals surface area contributed by atoms with E-state index in [9.17, 15) is 4.79 Å². The first-order chi connectivity index (χ1) is 9.49. The Morgan fingerprint density at radius 1 is 0.850 bits per heavy atom. The molecule has 0 aliphatic rings. The minimum atomic E-state index is -0.271. The maximum atomic E-state index is 12.2. The first kappa shape index (κ1) is 14.3. The number of benzene rings is 2. The van der Waals surface area contributed by atoms with Crippen LogP contribution in [0.4, 0.5) is 0 Å². The number of carbonyl (C=O) groups is 1. The Hall–Kier alpha value is -2.09. The van der Waals surface area contributed by atoms with Crippen molar-refractivity contribution in [2.45, 2.75) is 27.7 Å². The standard InChI is InChI=1S/C18H20O2/c1-11-12(2)14(4)17(18(19)20-5)16(13(11)3)15-9-7-6-8-10-15/h6-10H,1-5H3. The third-order valence-corrected chi connectivity index (χ3v) is 4.14. The van der Waals surface area contributed by atoms with E-state index >= 15 is 0 Å². The highest BCUT2D eigenvalue weighted by atomic mass is 16.5. The molecule has 2 aromatic rings. The Bertz CT molecular complexity index is 655. The second kappa shape index (κ2) is 5.49. The van der Waals surface area contributed by atoms with Crippen LogP contribution in [0.1, 0.15) is 32.6 Å². The highest BCUT2D eigenvalue weighted by Crippen LogP contribution is 2.34. The van der Waals surface area contributed by atoms with E-state index < -0.39 is 0 Å². The van der Waals surface area contributed by atoms with E-state index in [0.29, 0.717) is 5.56 Å². The Morgan fingerprint density at radius 3 is 1.95 bits per heavy atom. The monoisotopic (exact) mass is 268 g/mol. The van der Waals surface area contributed by atoms with Gasteiger partial charge in [-0.2, -0.15) is 0 Å². The van der Waals surface area contributed by atoms with Gasteiger partial charge < -0.3 is 4.74 Å². The van der Waals surface area contributed by atoms with Crippen molar-refractivity contribution in [3.05, 3.63) is 58.1 Å². The van der Waals surface area contributed by atoms with Gasteiger partial charge in [0.2, 0.25) is 0 Å². The van der Waals surface area contributed by atoms with Gasteiger partial charge >= 0.3 is 5.97 Å². The highest BCUT2D eigenvalue weighted by molar-refractivity contribution is 6.00. The van der Waals surface area contributed by atoms with Crippen LogP contribution in [-0.2, 0) is 4.74 Å². The molecule has 20 heavy (non-hydrogen) atoms. The predicted molar refractivity (Wildman–Crippen MR) is 82.2 cm³/mol. The summed E-state index contributed by atoms with van der Waals surface area (Å²) >= 11 is 0. The summed E-state index contributed by atoms with van der Waals surface area (Å²) in [6, 6.07) is 10.0. The van der Waals surface area contributed by atoms with Gasteiger partial charge in [0.25, 0.3) is 0 Å². The van der Waals surface area contributed by atoms with Crippen LogP contribution >= 0.6 is 0 Å². The van der Waals surface area contributed by atoms with Crippen LogP contribution in [0.3, 0.4) is 0 Å². The highest BCUT2D eigenvalue weighted by Gasteiger charge is 2.21. The number of hydrogen-bond acceptors (Lipinski definition) is 2. The van der Waals surface area contributed by atoms with Gasteiger partial charge in [-0.05, 0) is 61.1 Å². The summed E-state index contributed by atoms with van der Waals surface area (Å²) in [7, 11) is 1.43. The molecule has 104 valence electrons. The lowest BCUT2D eigenvalue weighted by atomic mass is 9.85. The largest absolute Gasteiger partial charge is 0.465 e. The van der Waals surface area contributed by atoms with Gasteiger partial charge in [-0.3, -0.25) is 0 Å². The first-order valence-electron chi connectivity index (χ1n) is 6.73. The average molecular weight is 268 g/mol. The molecular formula is C18H20O2. The van der Waals surface area contributed by atoms with Crippen LogP contribution in [0, 0.1) is 27.7 Å². The summed E-state index contributed by atoms with van der Waals surface area (Å²) in [5.74, 6) is -0.271. The molecule has 0 atom stereocenters. The molecule has 0 amide bonds. The third kappa shape index (κ3) is 2.22. The van der Waals surface area contributed by atoms with Crippen LogP contribution in [0.25, 0.3) is 11.1 Å². The molecule has 0 bridgehead atoms. The molecule has 0 fully saturated rings. The average Bonchev–Trinajstić information content (AvgIpc) is 2.48. The number of carbonyl (C=O) groups excluding carboxylic acids is 1. The molecule has 0 radical (unpaired) electrons. The van der Waals surface area contributed by atoms with E-state index in [1.54, 1.807) is 0 Å². The second-order valence-corrected chi connectivity index (χ2v) is 5.11. The van der Waals surface area contributed by atoms with Crippen LogP contribution < -0.4 is 0 Å². The predicted octanol–water partition coefficient (Wildman–Crippen LogP) is 4.37. The van der Waals surface area contributed by atoms with Gasteiger partial charge in [-0.25, -0.2) is 4.79 Å². The minimum Gasteiger partial charge on any atom is -0.465 e. The fourth-order valence-electron chi connectivity index (χ4n) is 2.64. The van der Waals surface area contributed by atoms with E-state index in [4.69, 9.17) is 4.74 Å². The van der Waals surface area contributed by atoms with Gasteiger partial charge in [-0.15, -0.1) is 0 Å². The molecule has 0 aliphatic carbocycles. The van der Waals surface area contributed by atoms with Crippen LogP contribution in [-0.4, -0.2) is 13.1 Å². The normalized spacial score (nSPS) is 10.4. The molecule has 0 saturated carbocycles. The van der Waals surface area contributed by atoms with Gasteiger partial charge in [-0.1, -0.05) is 30.3 Å². The van der Waals surface area contributed by atoms with Gasteiger partial charge in [0.1, 0.15) is 0 Å². The molecule has 0 unspecified atom stereocenters. The molecule has 2 heteroatoms. The number of methoxy groups -OCH3 is 1. The summed E-state index contributed by atoms with van der Waals surface area (Å²) in [6.07, 6.45) is 0. The van der Waals surface area contributed by atoms with Gasteiger partial charge in [0.15, 0.2) is 0 Å². The lowest BCUT2D eigenvalue weighted by molar-refractivity contribution is 0.0600. The lowest BCUT2D eigenvalue weighted by Gasteiger charge is -2.19. The fraction of sp³-hybridized carbons (Fsp3) is 0.278. The SMILES string of the molecule is COC(=O)c1c(C)c(C)c(C)c(C)c1-c1ccccc1. The van der Waals surface area contributed by atoms with Crippen molar-refractivity contribution >= 4 is 5.97 Å². The molecule has 2 aromatic carbocycles. The Morgan fingerprint density at radius 2 is 1.40 bits per heavy atom. The van der Waals surface area contributed by atoms with Crippen LogP contribution in [0.15, 0.2) is 30.3 Å². The number of rotatable bonds is 2. The fourth-order valence-corrected chi connectivity index (χ4v) is 2.64. The Labute approximate surface area is 120 Å². The van der Waals surface area contributed by atoms with E-state index in [-0.39, 0.29) is 5.97 Å². The molecule has 0 saturated heterocycles. The molecule has 2 rings (SSSR count). The molecule has 0 heterocycles. The Balaban J connectivity index is 2.88. The summed E-state index contributed by atoms with van der Waals surface area (Å²) in [5.41, 5.74) is 7.24. The molecular weight excluding hydrogens is 248 g/mol. The molecule has 0 spiro atoms. The number of ether oxygens (including phenoxy) is 1. The van der Waals surface area contributed by atoms with Crippen LogP contribution in [0.5, 0.6) is 0 Å². The maximum Gasteiger partial charge on any atom is 0.338 e. The van der Waals surface area contributed by atoms with Crippen molar-refractivity contribution in [3.8, 4) is 11.1 Å². The molecule has 0 aromatic heterocycles. The van der Waals surface area contributed by atoms with Crippen LogP contribution in [0.2, 0.25) is 0 Å². The summed E-state index contributed by atoms with van der Waals surface area (Å²) < 4.78 is 4.99. The van der Waals surface area contributed by atoms with Crippen molar-refractivity contribution in [2.24, 2.45) is 0 Å². The number of esters is 1. The zero-order valence-corrected chi connectivity index (χ0v) is 12.7. The summed E-state index contributed by atoms with van der Waals surface area (Å²) in [4.78, 5) is 12.2. The van der Waals surface area contributed by atoms with Crippen molar-refractivity contribution in [3.63, 3.8) is 0 Å². The lowest BCUT2D eigenvalue weighted by Crippen LogP contribution is -2.10. The van der Waals surface area contributed by atoms with E-state index in [2.05, 4.69) is 20.8 Å². The summed E-state index contributed by atoms with van der Waals surface area (Å²) in [5, 5.41) is 0. The van der Waals surface area contributed by atoms with Crippen molar-refractivity contribution in [1.29, 1.82) is 0 Å². The van der Waals surface area contributed by atoms with Crippen molar-refractivity contribution in [2.75, 3.05) is 7.11 Å². The van der Waals surface area contributed by atoms with E-state index in [1.807, 2.05) is 37.3 Å². The van der Waals surface area contributed by atoms with Gasteiger partial charge in [0, 0.05) is 0 Å². The van der Waals surface area contributed by atoms with Crippen molar-refractivity contribution in [1.82, 2.24) is 0 Å². The summed E-state index contributed by atoms with van der Waals surface area (Å²) in [6.45, 7) is 8.21. The van der Waals surface area contributed by atoms with E-state index in [1.165, 1.54) is 12.7 Å². The topological polar surface area (TPSA) is 26.3 Å². The minimum absolute atomic E-state index is 0.271. The van der Waals surface area contributed by atoms with Crippen molar-refractivity contribution < 1.29 is 9.53 Å². The maximum absolute atomic E-state index is 12.2. The third-order valence-electron chi connectivity index (χ3n) is 4.14. The zero-order chi connectivity index (χ0) is 14.9. The number of hydrogen-bond donors (Lipinski definition) is 0. The molecule has 0 aliphatic heterocycles. The smallest absolute Gasteiger partial charge is 0.338 e. The molecule has 0 N–H and O–H groups in total. The first-order valence-corrected chi connectivity index (χ1v) is 6.73. The second-order valence-electron chi connectivity index (χ2n) is 5.11. The molecule has 2 nitrogen and oxygen atoms in total.